The minimum atomic E-state index is -0.339. The number of nitrogens with two attached hydrogens (primary N) is 2. The molecule has 0 heterocycles. The van der Waals surface area contributed by atoms with Gasteiger partial charge in [-0.1, -0.05) is 13.0 Å². The van der Waals surface area contributed by atoms with Crippen LogP contribution in [-0.4, -0.2) is 6.54 Å². The minimum Gasteiger partial charge on any atom is -0.398 e. The van der Waals surface area contributed by atoms with Gasteiger partial charge in [-0.25, -0.2) is 4.39 Å². The van der Waals surface area contributed by atoms with E-state index in [1.165, 1.54) is 12.1 Å². The number of allylic oxidation sites excluding steroid dienone is 1. The van der Waals surface area contributed by atoms with Crippen molar-refractivity contribution in [3.8, 4) is 0 Å². The standard InChI is InChI=1S/C12H17FN2/c1-3-6-12(2,8-14)10-7-9(13)4-5-11(10)15/h3-5,7H,1,6,8,14-15H2,2H3. The highest BCUT2D eigenvalue weighted by molar-refractivity contribution is 5.51. The highest BCUT2D eigenvalue weighted by Gasteiger charge is 2.26. The highest BCUT2D eigenvalue weighted by Crippen LogP contribution is 2.31. The smallest absolute Gasteiger partial charge is 0.123 e. The summed E-state index contributed by atoms with van der Waals surface area (Å²) in [5, 5.41) is 0. The van der Waals surface area contributed by atoms with E-state index in [-0.39, 0.29) is 11.2 Å². The largest absolute Gasteiger partial charge is 0.398 e. The molecule has 1 aromatic carbocycles. The van der Waals surface area contributed by atoms with Crippen molar-refractivity contribution >= 4 is 5.69 Å². The van der Waals surface area contributed by atoms with Crippen LogP contribution in [0.2, 0.25) is 0 Å². The van der Waals surface area contributed by atoms with Crippen LogP contribution in [0.3, 0.4) is 0 Å². The van der Waals surface area contributed by atoms with E-state index in [0.717, 1.165) is 5.56 Å². The molecule has 1 aromatic rings. The molecule has 0 fully saturated rings. The lowest BCUT2D eigenvalue weighted by atomic mass is 9.78. The fourth-order valence-corrected chi connectivity index (χ4v) is 1.67. The van der Waals surface area contributed by atoms with Crippen molar-refractivity contribution in [3.63, 3.8) is 0 Å². The topological polar surface area (TPSA) is 52.0 Å². The Hall–Kier alpha value is -1.35. The zero-order valence-corrected chi connectivity index (χ0v) is 8.96. The fourth-order valence-electron chi connectivity index (χ4n) is 1.67. The first-order valence-electron chi connectivity index (χ1n) is 4.90. The van der Waals surface area contributed by atoms with E-state index in [0.29, 0.717) is 18.7 Å². The molecule has 0 radical (unpaired) electrons. The Morgan fingerprint density at radius 1 is 1.53 bits per heavy atom. The van der Waals surface area contributed by atoms with Gasteiger partial charge in [-0.3, -0.25) is 0 Å². The summed E-state index contributed by atoms with van der Waals surface area (Å²) >= 11 is 0. The summed E-state index contributed by atoms with van der Waals surface area (Å²) in [5.74, 6) is -0.289. The summed E-state index contributed by atoms with van der Waals surface area (Å²) in [6, 6.07) is 4.37. The van der Waals surface area contributed by atoms with Crippen LogP contribution < -0.4 is 11.5 Å². The third-order valence-electron chi connectivity index (χ3n) is 2.71. The molecule has 0 aliphatic rings. The van der Waals surface area contributed by atoms with Crippen molar-refractivity contribution in [3.05, 3.63) is 42.2 Å². The van der Waals surface area contributed by atoms with Crippen LogP contribution >= 0.6 is 0 Å². The third-order valence-corrected chi connectivity index (χ3v) is 2.71. The van der Waals surface area contributed by atoms with Crippen LogP contribution in [-0.2, 0) is 5.41 Å². The molecule has 0 aliphatic heterocycles. The van der Waals surface area contributed by atoms with Gasteiger partial charge >= 0.3 is 0 Å². The van der Waals surface area contributed by atoms with E-state index in [1.807, 2.05) is 6.92 Å². The van der Waals surface area contributed by atoms with Gasteiger partial charge in [0, 0.05) is 17.6 Å². The van der Waals surface area contributed by atoms with Crippen LogP contribution in [0, 0.1) is 5.82 Å². The first kappa shape index (κ1) is 11.7. The van der Waals surface area contributed by atoms with E-state index in [1.54, 1.807) is 12.1 Å². The molecular formula is C12H17FN2. The summed E-state index contributed by atoms with van der Waals surface area (Å²) in [7, 11) is 0. The first-order valence-corrected chi connectivity index (χ1v) is 4.90. The molecule has 0 aliphatic carbocycles. The molecule has 0 bridgehead atoms. The number of nitrogen functional groups attached to an aromatic ring is 1. The van der Waals surface area contributed by atoms with Gasteiger partial charge in [-0.2, -0.15) is 0 Å². The first-order chi connectivity index (χ1) is 7.03. The molecule has 1 rings (SSSR count). The molecule has 3 heteroatoms. The Morgan fingerprint density at radius 2 is 2.20 bits per heavy atom. The molecule has 1 atom stereocenters. The fraction of sp³-hybridized carbons (Fsp3) is 0.333. The lowest BCUT2D eigenvalue weighted by molar-refractivity contribution is 0.488. The number of rotatable bonds is 4. The quantitative estimate of drug-likeness (QED) is 0.588. The van der Waals surface area contributed by atoms with Crippen molar-refractivity contribution in [1.82, 2.24) is 0 Å². The average Bonchev–Trinajstić information content (AvgIpc) is 2.22. The summed E-state index contributed by atoms with van der Waals surface area (Å²) < 4.78 is 13.1. The molecule has 15 heavy (non-hydrogen) atoms. The van der Waals surface area contributed by atoms with Gasteiger partial charge < -0.3 is 11.5 Å². The van der Waals surface area contributed by atoms with Crippen molar-refractivity contribution in [2.75, 3.05) is 12.3 Å². The van der Waals surface area contributed by atoms with Crippen LogP contribution in [0.25, 0.3) is 0 Å². The summed E-state index contributed by atoms with van der Waals surface area (Å²) in [4.78, 5) is 0. The van der Waals surface area contributed by atoms with E-state index in [2.05, 4.69) is 6.58 Å². The predicted octanol–water partition coefficient (Wildman–Crippen LogP) is 2.20. The second kappa shape index (κ2) is 4.45. The van der Waals surface area contributed by atoms with Gasteiger partial charge in [0.2, 0.25) is 0 Å². The summed E-state index contributed by atoms with van der Waals surface area (Å²) in [6.45, 7) is 6.05. The summed E-state index contributed by atoms with van der Waals surface area (Å²) in [5.41, 5.74) is 12.5. The number of hydrogen-bond acceptors (Lipinski definition) is 2. The van der Waals surface area contributed by atoms with Crippen molar-refractivity contribution in [2.24, 2.45) is 5.73 Å². The average molecular weight is 208 g/mol. The maximum Gasteiger partial charge on any atom is 0.123 e. The molecular weight excluding hydrogens is 191 g/mol. The maximum atomic E-state index is 13.1. The number of halogens is 1. The van der Waals surface area contributed by atoms with E-state index < -0.39 is 0 Å². The van der Waals surface area contributed by atoms with E-state index >= 15 is 0 Å². The normalized spacial score (nSPS) is 14.6. The molecule has 0 saturated heterocycles. The van der Waals surface area contributed by atoms with Gasteiger partial charge in [0.1, 0.15) is 5.82 Å². The van der Waals surface area contributed by atoms with Crippen molar-refractivity contribution in [2.45, 2.75) is 18.8 Å². The lowest BCUT2D eigenvalue weighted by Crippen LogP contribution is -2.32. The van der Waals surface area contributed by atoms with Gasteiger partial charge in [-0.05, 0) is 30.2 Å². The lowest BCUT2D eigenvalue weighted by Gasteiger charge is -2.28. The molecule has 0 amide bonds. The summed E-state index contributed by atoms with van der Waals surface area (Å²) in [6.07, 6.45) is 2.45. The van der Waals surface area contributed by atoms with Crippen molar-refractivity contribution < 1.29 is 4.39 Å². The second-order valence-corrected chi connectivity index (χ2v) is 3.99. The highest BCUT2D eigenvalue weighted by atomic mass is 19.1. The van der Waals surface area contributed by atoms with Gasteiger partial charge in [0.25, 0.3) is 0 Å². The third kappa shape index (κ3) is 2.36. The Balaban J connectivity index is 3.21. The maximum absolute atomic E-state index is 13.1. The van der Waals surface area contributed by atoms with Crippen LogP contribution in [0.5, 0.6) is 0 Å². The molecule has 0 saturated carbocycles. The van der Waals surface area contributed by atoms with Crippen molar-refractivity contribution in [1.29, 1.82) is 0 Å². The molecule has 4 N–H and O–H groups in total. The Morgan fingerprint density at radius 3 is 2.73 bits per heavy atom. The zero-order chi connectivity index (χ0) is 11.5. The molecule has 82 valence electrons. The second-order valence-electron chi connectivity index (χ2n) is 3.99. The molecule has 0 spiro atoms. The minimum absolute atomic E-state index is 0.289. The van der Waals surface area contributed by atoms with E-state index in [9.17, 15) is 4.39 Å². The number of anilines is 1. The van der Waals surface area contributed by atoms with E-state index in [4.69, 9.17) is 11.5 Å². The Kier molecular flexibility index (Phi) is 3.48. The van der Waals surface area contributed by atoms with Crippen LogP contribution in [0.4, 0.5) is 10.1 Å². The molecule has 2 nitrogen and oxygen atoms in total. The molecule has 0 aromatic heterocycles. The predicted molar refractivity (Wildman–Crippen MR) is 62.0 cm³/mol. The monoisotopic (exact) mass is 208 g/mol. The van der Waals surface area contributed by atoms with Crippen LogP contribution in [0.15, 0.2) is 30.9 Å². The SMILES string of the molecule is C=CCC(C)(CN)c1cc(F)ccc1N. The van der Waals surface area contributed by atoms with Crippen LogP contribution in [0.1, 0.15) is 18.9 Å². The number of benzene rings is 1. The molecule has 1 unspecified atom stereocenters. The Labute approximate surface area is 89.8 Å². The number of hydrogen-bond donors (Lipinski definition) is 2. The van der Waals surface area contributed by atoms with Gasteiger partial charge in [-0.15, -0.1) is 6.58 Å². The zero-order valence-electron chi connectivity index (χ0n) is 8.96. The van der Waals surface area contributed by atoms with Gasteiger partial charge in [0.05, 0.1) is 0 Å². The Bertz CT molecular complexity index is 363. The van der Waals surface area contributed by atoms with Gasteiger partial charge in [0.15, 0.2) is 0 Å².